The molecule has 0 saturated carbocycles. The number of hydrogen-bond donors (Lipinski definition) is 1. The molecule has 0 aliphatic heterocycles. The van der Waals surface area contributed by atoms with Gasteiger partial charge in [0.2, 0.25) is 0 Å². The van der Waals surface area contributed by atoms with Crippen molar-refractivity contribution in [1.29, 1.82) is 0 Å². The van der Waals surface area contributed by atoms with Crippen molar-refractivity contribution in [3.8, 4) is 11.1 Å². The molecule has 8 heteroatoms. The van der Waals surface area contributed by atoms with E-state index in [0.717, 1.165) is 26.2 Å². The number of sulfonamides is 1. The molecule has 188 valence electrons. The van der Waals surface area contributed by atoms with Gasteiger partial charge in [0.15, 0.2) is 0 Å². The molecule has 5 aromatic rings. The van der Waals surface area contributed by atoms with Gasteiger partial charge in [0.1, 0.15) is 21.9 Å². The summed E-state index contributed by atoms with van der Waals surface area (Å²) in [6, 6.07) is 22.5. The second-order valence-corrected chi connectivity index (χ2v) is 11.9. The van der Waals surface area contributed by atoms with E-state index in [9.17, 15) is 8.42 Å². The van der Waals surface area contributed by atoms with E-state index in [2.05, 4.69) is 54.3 Å². The topological polar surface area (TPSA) is 75.2 Å². The Morgan fingerprint density at radius 1 is 0.892 bits per heavy atom. The molecule has 37 heavy (non-hydrogen) atoms. The minimum Gasteiger partial charge on any atom is -0.338 e. The van der Waals surface area contributed by atoms with E-state index < -0.39 is 10.0 Å². The molecule has 0 amide bonds. The highest BCUT2D eigenvalue weighted by molar-refractivity contribution is 7.93. The van der Waals surface area contributed by atoms with Crippen LogP contribution in [-0.2, 0) is 10.0 Å². The van der Waals surface area contributed by atoms with E-state index in [4.69, 9.17) is 0 Å². The van der Waals surface area contributed by atoms with E-state index in [1.165, 1.54) is 21.8 Å². The number of hydrogen-bond acceptors (Lipinski definition) is 6. The molecule has 0 aliphatic rings. The number of nitrogens with one attached hydrogen (secondary N) is 1. The molecule has 0 fully saturated rings. The fourth-order valence-electron chi connectivity index (χ4n) is 4.51. The maximum Gasteiger partial charge on any atom is 0.266 e. The molecule has 0 atom stereocenters. The lowest BCUT2D eigenvalue weighted by molar-refractivity contribution is 0.592. The number of aromatic nitrogens is 2. The zero-order valence-corrected chi connectivity index (χ0v) is 22.8. The third-order valence-electron chi connectivity index (χ3n) is 6.50. The summed E-state index contributed by atoms with van der Waals surface area (Å²) in [6.45, 7) is 8.42. The Morgan fingerprint density at radius 2 is 1.62 bits per heavy atom. The minimum absolute atomic E-state index is 0.187. The Balaban J connectivity index is 1.63. The maximum absolute atomic E-state index is 13.9. The van der Waals surface area contributed by atoms with E-state index >= 15 is 0 Å². The van der Waals surface area contributed by atoms with Crippen LogP contribution in [0.4, 0.5) is 17.2 Å². The zero-order valence-electron chi connectivity index (χ0n) is 21.2. The molecule has 1 N–H and O–H groups in total. The molecule has 2 aromatic heterocycles. The summed E-state index contributed by atoms with van der Waals surface area (Å²) in [4.78, 5) is 11.3. The van der Waals surface area contributed by atoms with E-state index in [0.29, 0.717) is 23.7 Å². The highest BCUT2D eigenvalue weighted by Crippen LogP contribution is 2.42. The van der Waals surface area contributed by atoms with Crippen molar-refractivity contribution in [2.75, 3.05) is 16.2 Å². The van der Waals surface area contributed by atoms with Gasteiger partial charge in [0.05, 0.1) is 16.8 Å². The van der Waals surface area contributed by atoms with Crippen LogP contribution in [0.25, 0.3) is 21.3 Å². The van der Waals surface area contributed by atoms with Crippen LogP contribution >= 0.6 is 11.3 Å². The molecule has 0 aliphatic carbocycles. The summed E-state index contributed by atoms with van der Waals surface area (Å²) < 4.78 is 29.1. The van der Waals surface area contributed by atoms with Crippen LogP contribution in [0, 0.1) is 20.8 Å². The van der Waals surface area contributed by atoms with Crippen LogP contribution in [-0.4, -0.2) is 24.9 Å². The average molecular weight is 529 g/mol. The summed E-state index contributed by atoms with van der Waals surface area (Å²) in [5, 5.41) is 4.24. The predicted molar refractivity (Wildman–Crippen MR) is 153 cm³/mol. The average Bonchev–Trinajstić information content (AvgIpc) is 3.23. The summed E-state index contributed by atoms with van der Waals surface area (Å²) in [5.41, 5.74) is 5.67. The molecule has 0 unspecified atom stereocenters. The SMILES string of the molecule is CCN(c1ccccc1)S(=O)(=O)c1ccccc1Nc1ncnc2sc(C)c(-c3ccc(C)c(C)c3)c12. The minimum atomic E-state index is -3.85. The number of thiophene rings is 1. The fraction of sp³-hybridized carbons (Fsp3) is 0.172. The van der Waals surface area contributed by atoms with Crippen LogP contribution in [0.1, 0.15) is 22.9 Å². The smallest absolute Gasteiger partial charge is 0.266 e. The molecule has 3 aromatic carbocycles. The van der Waals surface area contributed by atoms with Gasteiger partial charge >= 0.3 is 0 Å². The monoisotopic (exact) mass is 528 g/mol. The first kappa shape index (κ1) is 24.9. The third kappa shape index (κ3) is 4.58. The van der Waals surface area contributed by atoms with Gasteiger partial charge in [-0.25, -0.2) is 18.4 Å². The van der Waals surface area contributed by atoms with Gasteiger partial charge < -0.3 is 5.32 Å². The number of fused-ring (bicyclic) bond motifs is 1. The second kappa shape index (κ2) is 9.95. The first-order chi connectivity index (χ1) is 17.8. The van der Waals surface area contributed by atoms with Crippen molar-refractivity contribution in [2.24, 2.45) is 0 Å². The lowest BCUT2D eigenvalue weighted by Crippen LogP contribution is -2.31. The Labute approximate surface area is 221 Å². The number of nitrogens with zero attached hydrogens (tertiary/aromatic N) is 3. The van der Waals surface area contributed by atoms with Crippen LogP contribution in [0.15, 0.2) is 84.0 Å². The number of anilines is 3. The van der Waals surface area contributed by atoms with Crippen molar-refractivity contribution in [2.45, 2.75) is 32.6 Å². The van der Waals surface area contributed by atoms with Crippen LogP contribution in [0.3, 0.4) is 0 Å². The quantitative estimate of drug-likeness (QED) is 0.241. The van der Waals surface area contributed by atoms with Gasteiger partial charge in [-0.2, -0.15) is 0 Å². The highest BCUT2D eigenvalue weighted by Gasteiger charge is 2.27. The first-order valence-corrected chi connectivity index (χ1v) is 14.3. The molecule has 2 heterocycles. The molecule has 0 saturated heterocycles. The number of aryl methyl sites for hydroxylation is 3. The van der Waals surface area contributed by atoms with Crippen molar-refractivity contribution in [1.82, 2.24) is 9.97 Å². The Kier molecular flexibility index (Phi) is 6.70. The molecule has 0 spiro atoms. The van der Waals surface area contributed by atoms with Gasteiger partial charge in [-0.3, -0.25) is 4.31 Å². The van der Waals surface area contributed by atoms with Crippen molar-refractivity contribution >= 4 is 48.8 Å². The Bertz CT molecular complexity index is 1700. The number of para-hydroxylation sites is 2. The lowest BCUT2D eigenvalue weighted by atomic mass is 9.99. The van der Waals surface area contributed by atoms with E-state index in [1.54, 1.807) is 41.7 Å². The van der Waals surface area contributed by atoms with Crippen molar-refractivity contribution in [3.63, 3.8) is 0 Å². The van der Waals surface area contributed by atoms with Crippen LogP contribution < -0.4 is 9.62 Å². The molecular weight excluding hydrogens is 500 g/mol. The summed E-state index contributed by atoms with van der Waals surface area (Å²) in [7, 11) is -3.85. The summed E-state index contributed by atoms with van der Waals surface area (Å²) >= 11 is 1.61. The lowest BCUT2D eigenvalue weighted by Gasteiger charge is -2.24. The molecule has 6 nitrogen and oxygen atoms in total. The predicted octanol–water partition coefficient (Wildman–Crippen LogP) is 7.24. The normalized spacial score (nSPS) is 11.6. The van der Waals surface area contributed by atoms with E-state index in [-0.39, 0.29) is 4.90 Å². The van der Waals surface area contributed by atoms with Crippen LogP contribution in [0.2, 0.25) is 0 Å². The molecule has 0 bridgehead atoms. The Hall–Kier alpha value is -3.75. The third-order valence-corrected chi connectivity index (χ3v) is 9.47. The number of benzene rings is 3. The molecular formula is C29H28N4O2S2. The van der Waals surface area contributed by atoms with E-state index in [1.807, 2.05) is 31.2 Å². The van der Waals surface area contributed by atoms with Gasteiger partial charge in [0.25, 0.3) is 10.0 Å². The zero-order chi connectivity index (χ0) is 26.2. The number of rotatable bonds is 7. The van der Waals surface area contributed by atoms with Crippen LogP contribution in [0.5, 0.6) is 0 Å². The molecule has 0 radical (unpaired) electrons. The Morgan fingerprint density at radius 3 is 2.35 bits per heavy atom. The van der Waals surface area contributed by atoms with Gasteiger partial charge in [-0.15, -0.1) is 11.3 Å². The van der Waals surface area contributed by atoms with Gasteiger partial charge in [-0.05, 0) is 68.7 Å². The maximum atomic E-state index is 13.9. The first-order valence-electron chi connectivity index (χ1n) is 12.1. The van der Waals surface area contributed by atoms with Crippen molar-refractivity contribution in [3.05, 3.63) is 95.1 Å². The molecule has 5 rings (SSSR count). The largest absolute Gasteiger partial charge is 0.338 e. The standard InChI is InChI=1S/C29H28N4O2S2/c1-5-33(23-11-7-6-8-12-23)37(34,35)25-14-10-9-13-24(25)32-28-27-26(21(4)36-29(27)31-18-30-28)22-16-15-19(2)20(3)17-22/h6-18H,5H2,1-4H3,(H,30,31,32). The highest BCUT2D eigenvalue weighted by atomic mass is 32.2. The van der Waals surface area contributed by atoms with Gasteiger partial charge in [0, 0.05) is 17.0 Å². The summed E-state index contributed by atoms with van der Waals surface area (Å²) in [5.74, 6) is 0.577. The fourth-order valence-corrected chi connectivity index (χ4v) is 7.15. The summed E-state index contributed by atoms with van der Waals surface area (Å²) in [6.07, 6.45) is 1.52. The van der Waals surface area contributed by atoms with Gasteiger partial charge in [-0.1, -0.05) is 48.5 Å². The van der Waals surface area contributed by atoms with Crippen molar-refractivity contribution < 1.29 is 8.42 Å². The second-order valence-electron chi connectivity index (χ2n) is 8.86.